The number of aromatic nitrogens is 4. The number of carbonyl (C=O) groups is 1. The average Bonchev–Trinajstić information content (AvgIpc) is 2.97. The van der Waals surface area contributed by atoms with Crippen molar-refractivity contribution in [1.29, 1.82) is 0 Å². The zero-order valence-electron chi connectivity index (χ0n) is 15.0. The molecule has 0 unspecified atom stereocenters. The summed E-state index contributed by atoms with van der Waals surface area (Å²) in [7, 11) is 0. The van der Waals surface area contributed by atoms with Gasteiger partial charge in [0.15, 0.2) is 0 Å². The molecular formula is C17H15BrF3N5O2. The van der Waals surface area contributed by atoms with Crippen LogP contribution in [0.1, 0.15) is 26.5 Å². The summed E-state index contributed by atoms with van der Waals surface area (Å²) in [6.07, 6.45) is -2.77. The molecule has 0 fully saturated rings. The number of hydrogen-bond acceptors (Lipinski definition) is 6. The molecule has 0 atom stereocenters. The summed E-state index contributed by atoms with van der Waals surface area (Å²) in [6.45, 7) is 5.18. The van der Waals surface area contributed by atoms with Gasteiger partial charge in [-0.1, -0.05) is 0 Å². The van der Waals surface area contributed by atoms with Crippen molar-refractivity contribution in [3.63, 3.8) is 0 Å². The van der Waals surface area contributed by atoms with Gasteiger partial charge in [0.25, 0.3) is 0 Å². The predicted octanol–water partition coefficient (Wildman–Crippen LogP) is 5.13. The van der Waals surface area contributed by atoms with Gasteiger partial charge in [-0.2, -0.15) is 23.0 Å². The van der Waals surface area contributed by atoms with E-state index in [-0.39, 0.29) is 5.95 Å². The Hall–Kier alpha value is -2.69. The molecule has 7 nitrogen and oxygen atoms in total. The molecule has 0 bridgehead atoms. The number of fused-ring (bicyclic) bond motifs is 1. The van der Waals surface area contributed by atoms with Crippen molar-refractivity contribution in [2.24, 2.45) is 0 Å². The van der Waals surface area contributed by atoms with E-state index < -0.39 is 23.6 Å². The molecule has 28 heavy (non-hydrogen) atoms. The summed E-state index contributed by atoms with van der Waals surface area (Å²) in [5, 5.41) is 7.37. The number of hydrogen-bond donors (Lipinski definition) is 1. The number of nitrogens with one attached hydrogen (secondary N) is 1. The molecule has 0 aliphatic carbocycles. The van der Waals surface area contributed by atoms with Crippen LogP contribution in [0.5, 0.6) is 0 Å². The lowest BCUT2D eigenvalue weighted by atomic mass is 10.2. The van der Waals surface area contributed by atoms with E-state index in [0.29, 0.717) is 21.1 Å². The highest BCUT2D eigenvalue weighted by atomic mass is 79.9. The molecule has 0 saturated heterocycles. The quantitative estimate of drug-likeness (QED) is 0.573. The summed E-state index contributed by atoms with van der Waals surface area (Å²) in [5.41, 5.74) is -1.01. The monoisotopic (exact) mass is 457 g/mol. The minimum atomic E-state index is -4.58. The SMILES string of the molecule is CC(C)(C)OC(=O)n1ncc2c(Br)cc(Nc3nccc(C(F)(F)F)n3)cc21. The average molecular weight is 458 g/mol. The topological polar surface area (TPSA) is 81.9 Å². The molecule has 3 rings (SSSR count). The zero-order chi connectivity index (χ0) is 20.7. The molecule has 3 aromatic rings. The van der Waals surface area contributed by atoms with E-state index in [9.17, 15) is 18.0 Å². The molecule has 1 aromatic carbocycles. The molecule has 0 spiro atoms. The summed E-state index contributed by atoms with van der Waals surface area (Å²) in [6, 6.07) is 3.94. The third kappa shape index (κ3) is 4.41. The Balaban J connectivity index is 1.97. The highest BCUT2D eigenvalue weighted by Crippen LogP contribution is 2.31. The number of ether oxygens (including phenoxy) is 1. The molecule has 11 heteroatoms. The molecular weight excluding hydrogens is 443 g/mol. The summed E-state index contributed by atoms with van der Waals surface area (Å²) < 4.78 is 45.4. The van der Waals surface area contributed by atoms with Crippen LogP contribution >= 0.6 is 15.9 Å². The van der Waals surface area contributed by atoms with Gasteiger partial charge in [-0.25, -0.2) is 14.8 Å². The van der Waals surface area contributed by atoms with Crippen molar-refractivity contribution >= 4 is 44.6 Å². The van der Waals surface area contributed by atoms with Gasteiger partial charge in [0, 0.05) is 21.7 Å². The first-order chi connectivity index (χ1) is 12.9. The maximum Gasteiger partial charge on any atom is 0.435 e. The van der Waals surface area contributed by atoms with Crippen LogP contribution in [-0.2, 0) is 10.9 Å². The van der Waals surface area contributed by atoms with Gasteiger partial charge >= 0.3 is 12.3 Å². The molecule has 148 valence electrons. The Labute approximate surface area is 166 Å². The first-order valence-corrected chi connectivity index (χ1v) is 8.81. The largest absolute Gasteiger partial charge is 0.442 e. The highest BCUT2D eigenvalue weighted by Gasteiger charge is 2.32. The number of anilines is 2. The van der Waals surface area contributed by atoms with E-state index in [1.54, 1.807) is 32.9 Å². The lowest BCUT2D eigenvalue weighted by molar-refractivity contribution is -0.141. The van der Waals surface area contributed by atoms with Gasteiger partial charge in [-0.05, 0) is 54.9 Å². The first-order valence-electron chi connectivity index (χ1n) is 8.02. The van der Waals surface area contributed by atoms with Crippen molar-refractivity contribution < 1.29 is 22.7 Å². The standard InChI is InChI=1S/C17H15BrF3N5O2/c1-16(2,3)28-15(27)26-12-7-9(6-11(18)10(12)8-23-26)24-14-22-5-4-13(25-14)17(19,20)21/h4-8H,1-3H3,(H,22,24,25). The van der Waals surface area contributed by atoms with Crippen LogP contribution in [-0.4, -0.2) is 31.4 Å². The van der Waals surface area contributed by atoms with E-state index in [2.05, 4.69) is 36.3 Å². The Bertz CT molecular complexity index is 1040. The fourth-order valence-electron chi connectivity index (χ4n) is 2.31. The van der Waals surface area contributed by atoms with Crippen LogP contribution in [0.2, 0.25) is 0 Å². The molecule has 2 heterocycles. The summed E-state index contributed by atoms with van der Waals surface area (Å²) >= 11 is 3.36. The van der Waals surface area contributed by atoms with Crippen molar-refractivity contribution in [1.82, 2.24) is 19.7 Å². The van der Waals surface area contributed by atoms with E-state index in [1.165, 1.54) is 6.20 Å². The van der Waals surface area contributed by atoms with E-state index >= 15 is 0 Å². The Kier molecular flexibility index (Phi) is 5.04. The minimum absolute atomic E-state index is 0.232. The van der Waals surface area contributed by atoms with Crippen molar-refractivity contribution in [2.75, 3.05) is 5.32 Å². The van der Waals surface area contributed by atoms with Crippen LogP contribution < -0.4 is 5.32 Å². The van der Waals surface area contributed by atoms with Crippen molar-refractivity contribution in [2.45, 2.75) is 32.5 Å². The highest BCUT2D eigenvalue weighted by molar-refractivity contribution is 9.10. The number of benzene rings is 1. The molecule has 0 radical (unpaired) electrons. The third-order valence-electron chi connectivity index (χ3n) is 3.41. The molecule has 1 N–H and O–H groups in total. The van der Waals surface area contributed by atoms with Gasteiger partial charge < -0.3 is 10.1 Å². The van der Waals surface area contributed by atoms with Gasteiger partial charge in [0.2, 0.25) is 5.95 Å². The van der Waals surface area contributed by atoms with Crippen LogP contribution in [0.15, 0.2) is 35.1 Å². The fourth-order valence-corrected chi connectivity index (χ4v) is 2.86. The van der Waals surface area contributed by atoms with Gasteiger partial charge in [-0.15, -0.1) is 0 Å². The number of carbonyl (C=O) groups excluding carboxylic acids is 1. The van der Waals surface area contributed by atoms with E-state index in [0.717, 1.165) is 16.9 Å². The van der Waals surface area contributed by atoms with Crippen molar-refractivity contribution in [3.8, 4) is 0 Å². The normalized spacial score (nSPS) is 12.2. The third-order valence-corrected chi connectivity index (χ3v) is 4.06. The molecule has 0 saturated carbocycles. The Morgan fingerprint density at radius 1 is 1.25 bits per heavy atom. The smallest absolute Gasteiger partial charge is 0.435 e. The summed E-state index contributed by atoms with van der Waals surface area (Å²) in [5.74, 6) is -0.232. The lowest BCUT2D eigenvalue weighted by Gasteiger charge is -2.19. The molecule has 2 aromatic heterocycles. The summed E-state index contributed by atoms with van der Waals surface area (Å²) in [4.78, 5) is 19.6. The molecule has 0 aliphatic rings. The maximum atomic E-state index is 12.8. The molecule has 0 amide bonds. The second-order valence-corrected chi connectivity index (χ2v) is 7.67. The van der Waals surface area contributed by atoms with E-state index in [4.69, 9.17) is 4.74 Å². The van der Waals surface area contributed by atoms with Gasteiger partial charge in [0.1, 0.15) is 11.3 Å². The second kappa shape index (κ2) is 7.04. The Morgan fingerprint density at radius 3 is 2.61 bits per heavy atom. The zero-order valence-corrected chi connectivity index (χ0v) is 16.6. The van der Waals surface area contributed by atoms with E-state index in [1.807, 2.05) is 0 Å². The first kappa shape index (κ1) is 20.1. The van der Waals surface area contributed by atoms with Crippen molar-refractivity contribution in [3.05, 3.63) is 40.8 Å². The van der Waals surface area contributed by atoms with Crippen LogP contribution in [0.4, 0.5) is 29.6 Å². The van der Waals surface area contributed by atoms with Gasteiger partial charge in [0.05, 0.1) is 11.7 Å². The van der Waals surface area contributed by atoms with Crippen LogP contribution in [0.25, 0.3) is 10.9 Å². The molecule has 0 aliphatic heterocycles. The van der Waals surface area contributed by atoms with Crippen LogP contribution in [0, 0.1) is 0 Å². The fraction of sp³-hybridized carbons (Fsp3) is 0.294. The number of rotatable bonds is 2. The minimum Gasteiger partial charge on any atom is -0.442 e. The predicted molar refractivity (Wildman–Crippen MR) is 99.4 cm³/mol. The maximum absolute atomic E-state index is 12.8. The number of halogens is 4. The van der Waals surface area contributed by atoms with Crippen LogP contribution in [0.3, 0.4) is 0 Å². The lowest BCUT2D eigenvalue weighted by Crippen LogP contribution is -2.27. The second-order valence-electron chi connectivity index (χ2n) is 6.82. The number of nitrogens with zero attached hydrogens (tertiary/aromatic N) is 4. The number of alkyl halides is 3. The van der Waals surface area contributed by atoms with Gasteiger partial charge in [-0.3, -0.25) is 0 Å². The Morgan fingerprint density at radius 2 is 1.96 bits per heavy atom.